The highest BCUT2D eigenvalue weighted by molar-refractivity contribution is 5.91. The second kappa shape index (κ2) is 7.10. The van der Waals surface area contributed by atoms with E-state index in [0.717, 1.165) is 34.1 Å². The van der Waals surface area contributed by atoms with Crippen LogP contribution in [0.1, 0.15) is 27.8 Å². The number of fused-ring (bicyclic) bond motifs is 6. The molecule has 0 saturated carbocycles. The van der Waals surface area contributed by atoms with Crippen LogP contribution in [0.15, 0.2) is 115 Å². The molecule has 2 nitrogen and oxygen atoms in total. The second-order valence-electron chi connectivity index (χ2n) is 9.00. The van der Waals surface area contributed by atoms with Crippen molar-refractivity contribution in [1.82, 2.24) is 0 Å². The Hall–Kier alpha value is -4.30. The molecule has 5 aromatic rings. The Morgan fingerprint density at radius 1 is 0.529 bits per heavy atom. The third-order valence-electron chi connectivity index (χ3n) is 7.07. The molecular weight excluding hydrogens is 416 g/mol. The molecule has 0 bridgehead atoms. The molecule has 0 aromatic heterocycles. The van der Waals surface area contributed by atoms with Crippen LogP contribution in [0, 0.1) is 6.92 Å². The fourth-order valence-corrected chi connectivity index (χ4v) is 5.67. The lowest BCUT2D eigenvalue weighted by atomic mass is 9.68. The molecule has 0 spiro atoms. The summed E-state index contributed by atoms with van der Waals surface area (Å²) in [6.45, 7) is 2.06. The van der Waals surface area contributed by atoms with Crippen LogP contribution >= 0.6 is 0 Å². The first-order valence-electron chi connectivity index (χ1n) is 11.6. The van der Waals surface area contributed by atoms with Gasteiger partial charge in [-0.25, -0.2) is 0 Å². The summed E-state index contributed by atoms with van der Waals surface area (Å²) in [5, 5.41) is 0. The van der Waals surface area contributed by atoms with Crippen LogP contribution in [0.4, 0.5) is 0 Å². The number of benzene rings is 5. The smallest absolute Gasteiger partial charge is 0.178 e. The van der Waals surface area contributed by atoms with Crippen molar-refractivity contribution >= 4 is 0 Å². The van der Waals surface area contributed by atoms with Gasteiger partial charge in [0.25, 0.3) is 0 Å². The lowest BCUT2D eigenvalue weighted by Crippen LogP contribution is -2.28. The van der Waals surface area contributed by atoms with Gasteiger partial charge >= 0.3 is 0 Å². The van der Waals surface area contributed by atoms with E-state index in [1.165, 1.54) is 27.8 Å². The van der Waals surface area contributed by atoms with Crippen LogP contribution in [-0.2, 0) is 5.41 Å². The van der Waals surface area contributed by atoms with Crippen molar-refractivity contribution in [3.63, 3.8) is 0 Å². The first-order valence-corrected chi connectivity index (χ1v) is 11.6. The Labute approximate surface area is 199 Å². The minimum Gasteiger partial charge on any atom is -0.449 e. The molecule has 7 rings (SSSR count). The molecule has 0 fully saturated rings. The lowest BCUT2D eigenvalue weighted by molar-refractivity contribution is 0.360. The molecule has 162 valence electrons. The third kappa shape index (κ3) is 2.51. The SMILES string of the molecule is Cc1ccc2c(c1)Oc1ccc3c(c1O2)-c1ccccc1C3(c1ccccc1)c1ccccc1. The molecule has 0 unspecified atom stereocenters. The van der Waals surface area contributed by atoms with E-state index in [1.54, 1.807) is 0 Å². The quantitative estimate of drug-likeness (QED) is 0.270. The highest BCUT2D eigenvalue weighted by Crippen LogP contribution is 2.62. The minimum absolute atomic E-state index is 0.444. The molecule has 1 aliphatic heterocycles. The molecule has 1 heterocycles. The van der Waals surface area contributed by atoms with Crippen molar-refractivity contribution in [2.45, 2.75) is 12.3 Å². The topological polar surface area (TPSA) is 18.5 Å². The maximum Gasteiger partial charge on any atom is 0.178 e. The van der Waals surface area contributed by atoms with Crippen molar-refractivity contribution < 1.29 is 9.47 Å². The summed E-state index contributed by atoms with van der Waals surface area (Å²) in [6.07, 6.45) is 0. The highest BCUT2D eigenvalue weighted by atomic mass is 16.6. The van der Waals surface area contributed by atoms with E-state index in [2.05, 4.69) is 110 Å². The van der Waals surface area contributed by atoms with E-state index < -0.39 is 5.41 Å². The predicted molar refractivity (Wildman–Crippen MR) is 135 cm³/mol. The minimum atomic E-state index is -0.444. The molecule has 34 heavy (non-hydrogen) atoms. The molecule has 2 heteroatoms. The Morgan fingerprint density at radius 3 is 1.91 bits per heavy atom. The summed E-state index contributed by atoms with van der Waals surface area (Å²) in [5.41, 5.74) is 7.93. The van der Waals surface area contributed by atoms with Gasteiger partial charge in [0.2, 0.25) is 0 Å². The van der Waals surface area contributed by atoms with E-state index >= 15 is 0 Å². The Morgan fingerprint density at radius 2 is 1.18 bits per heavy atom. The molecule has 0 N–H and O–H groups in total. The molecule has 1 aliphatic carbocycles. The monoisotopic (exact) mass is 438 g/mol. The number of aryl methyl sites for hydroxylation is 1. The van der Waals surface area contributed by atoms with Crippen LogP contribution in [0.5, 0.6) is 23.0 Å². The average molecular weight is 439 g/mol. The maximum atomic E-state index is 6.57. The number of ether oxygens (including phenoxy) is 2. The van der Waals surface area contributed by atoms with E-state index in [0.29, 0.717) is 0 Å². The average Bonchev–Trinajstić information content (AvgIpc) is 3.20. The molecule has 2 aliphatic rings. The zero-order valence-corrected chi connectivity index (χ0v) is 18.8. The first-order chi connectivity index (χ1) is 16.8. The summed E-state index contributed by atoms with van der Waals surface area (Å²) in [7, 11) is 0. The second-order valence-corrected chi connectivity index (χ2v) is 9.00. The molecule has 0 saturated heterocycles. The summed E-state index contributed by atoms with van der Waals surface area (Å²) >= 11 is 0. The number of hydrogen-bond donors (Lipinski definition) is 0. The van der Waals surface area contributed by atoms with Crippen molar-refractivity contribution in [3.8, 4) is 34.1 Å². The number of hydrogen-bond acceptors (Lipinski definition) is 2. The molecule has 5 aromatic carbocycles. The van der Waals surface area contributed by atoms with Gasteiger partial charge in [-0.1, -0.05) is 97.1 Å². The van der Waals surface area contributed by atoms with Gasteiger partial charge in [-0.15, -0.1) is 0 Å². The first kappa shape index (κ1) is 19.2. The summed E-state index contributed by atoms with van der Waals surface area (Å²) in [5.74, 6) is 3.05. The van der Waals surface area contributed by atoms with Gasteiger partial charge in [0.1, 0.15) is 0 Å². The van der Waals surface area contributed by atoms with Crippen LogP contribution in [0.3, 0.4) is 0 Å². The van der Waals surface area contributed by atoms with Gasteiger partial charge in [0.05, 0.1) is 5.41 Å². The van der Waals surface area contributed by atoms with Crippen LogP contribution in [-0.4, -0.2) is 0 Å². The van der Waals surface area contributed by atoms with Crippen molar-refractivity contribution in [3.05, 3.63) is 143 Å². The molecule has 0 radical (unpaired) electrons. The Kier molecular flexibility index (Phi) is 4.01. The standard InChI is InChI=1S/C32H22O2/c1-21-16-18-27-29(20-21)33-28-19-17-26-30(31(28)34-27)24-14-8-9-15-25(24)32(26,22-10-4-2-5-11-22)23-12-6-3-7-13-23/h2-20H,1H3. The summed E-state index contributed by atoms with van der Waals surface area (Å²) in [6, 6.07) is 40.6. The fraction of sp³-hybridized carbons (Fsp3) is 0.0625. The molecule has 0 amide bonds. The Bertz CT molecular complexity index is 1510. The van der Waals surface area contributed by atoms with Gasteiger partial charge in [-0.3, -0.25) is 0 Å². The molecule has 0 atom stereocenters. The van der Waals surface area contributed by atoms with Crippen LogP contribution in [0.25, 0.3) is 11.1 Å². The van der Waals surface area contributed by atoms with Crippen molar-refractivity contribution in [2.75, 3.05) is 0 Å². The van der Waals surface area contributed by atoms with Gasteiger partial charge in [0.15, 0.2) is 23.0 Å². The van der Waals surface area contributed by atoms with Crippen LogP contribution < -0.4 is 9.47 Å². The zero-order valence-electron chi connectivity index (χ0n) is 18.8. The van der Waals surface area contributed by atoms with E-state index in [1.807, 2.05) is 12.1 Å². The summed E-state index contributed by atoms with van der Waals surface area (Å²) < 4.78 is 12.9. The fourth-order valence-electron chi connectivity index (χ4n) is 5.67. The zero-order chi connectivity index (χ0) is 22.7. The Balaban J connectivity index is 1.58. The number of rotatable bonds is 2. The largest absolute Gasteiger partial charge is 0.449 e. The normalized spacial score (nSPS) is 14.1. The van der Waals surface area contributed by atoms with Crippen molar-refractivity contribution in [2.24, 2.45) is 0 Å². The third-order valence-corrected chi connectivity index (χ3v) is 7.07. The van der Waals surface area contributed by atoms with Crippen molar-refractivity contribution in [1.29, 1.82) is 0 Å². The van der Waals surface area contributed by atoms with Gasteiger partial charge in [0, 0.05) is 5.56 Å². The van der Waals surface area contributed by atoms with Gasteiger partial charge in [-0.05, 0) is 58.5 Å². The predicted octanol–water partition coefficient (Wildman–Crippen LogP) is 8.26. The maximum absolute atomic E-state index is 6.57. The van der Waals surface area contributed by atoms with Gasteiger partial charge in [-0.2, -0.15) is 0 Å². The van der Waals surface area contributed by atoms with Gasteiger partial charge < -0.3 is 9.47 Å². The highest BCUT2D eigenvalue weighted by Gasteiger charge is 2.48. The summed E-state index contributed by atoms with van der Waals surface area (Å²) in [4.78, 5) is 0. The van der Waals surface area contributed by atoms with E-state index in [-0.39, 0.29) is 0 Å². The lowest BCUT2D eigenvalue weighted by Gasteiger charge is -2.34. The van der Waals surface area contributed by atoms with E-state index in [9.17, 15) is 0 Å². The van der Waals surface area contributed by atoms with E-state index in [4.69, 9.17) is 9.47 Å². The van der Waals surface area contributed by atoms with Crippen LogP contribution in [0.2, 0.25) is 0 Å². The molecular formula is C32H22O2.